The van der Waals surface area contributed by atoms with Crippen LogP contribution in [0.3, 0.4) is 0 Å². The van der Waals surface area contributed by atoms with Gasteiger partial charge in [-0.15, -0.1) is 0 Å². The van der Waals surface area contributed by atoms with Crippen molar-refractivity contribution in [2.24, 2.45) is 16.9 Å². The molecule has 0 fully saturated rings. The lowest BCUT2D eigenvalue weighted by Gasteiger charge is -2.30. The van der Waals surface area contributed by atoms with Crippen LogP contribution >= 0.6 is 0 Å². The summed E-state index contributed by atoms with van der Waals surface area (Å²) in [5.41, 5.74) is 16.2. The molecular formula is C28H30N4O. The molecular weight excluding hydrogens is 408 g/mol. The maximum absolute atomic E-state index is 6.60. The summed E-state index contributed by atoms with van der Waals surface area (Å²) >= 11 is 0. The van der Waals surface area contributed by atoms with Crippen molar-refractivity contribution in [1.82, 2.24) is 9.97 Å². The van der Waals surface area contributed by atoms with Crippen molar-refractivity contribution < 1.29 is 4.74 Å². The number of aromatic nitrogens is 2. The largest absolute Gasteiger partial charge is 0.489 e. The minimum atomic E-state index is -0.302. The van der Waals surface area contributed by atoms with Gasteiger partial charge in [-0.25, -0.2) is 9.97 Å². The standard InChI is InChI=1S/C28H30N4O/c1-28(2,19-29)27(30)26-23-10-6-7-11-24(23)31-25(32-26)17-14-20-12-15-22(16-13-20)33-18-21-8-4-3-5-9-21/h3-17,27H,18-19,29-30H2,1-2H3/b17-14+. The molecule has 0 radical (unpaired) electrons. The molecule has 3 aromatic carbocycles. The summed E-state index contributed by atoms with van der Waals surface area (Å²) in [5, 5.41) is 0.962. The first kappa shape index (κ1) is 22.6. The van der Waals surface area contributed by atoms with Crippen molar-refractivity contribution in [3.05, 3.63) is 102 Å². The van der Waals surface area contributed by atoms with Crippen LogP contribution in [0.15, 0.2) is 78.9 Å². The summed E-state index contributed by atoms with van der Waals surface area (Å²) in [5.74, 6) is 1.45. The maximum Gasteiger partial charge on any atom is 0.152 e. The number of nitrogens with two attached hydrogens (primary N) is 2. The minimum Gasteiger partial charge on any atom is -0.489 e. The molecule has 1 atom stereocenters. The molecule has 168 valence electrons. The first-order valence-electron chi connectivity index (χ1n) is 11.1. The molecule has 0 spiro atoms. The fourth-order valence-corrected chi connectivity index (χ4v) is 3.52. The van der Waals surface area contributed by atoms with E-state index in [1.165, 1.54) is 0 Å². The van der Waals surface area contributed by atoms with Gasteiger partial charge in [-0.3, -0.25) is 0 Å². The predicted molar refractivity (Wildman–Crippen MR) is 135 cm³/mol. The zero-order valence-electron chi connectivity index (χ0n) is 19.1. The van der Waals surface area contributed by atoms with Crippen LogP contribution in [0.5, 0.6) is 5.75 Å². The second-order valence-corrected chi connectivity index (χ2v) is 8.83. The lowest BCUT2D eigenvalue weighted by Crippen LogP contribution is -2.36. The molecule has 0 aliphatic rings. The third-order valence-corrected chi connectivity index (χ3v) is 5.87. The molecule has 33 heavy (non-hydrogen) atoms. The van der Waals surface area contributed by atoms with Crippen molar-refractivity contribution in [2.45, 2.75) is 26.5 Å². The van der Waals surface area contributed by atoms with Crippen molar-refractivity contribution in [1.29, 1.82) is 0 Å². The van der Waals surface area contributed by atoms with Gasteiger partial charge in [-0.05, 0) is 47.4 Å². The number of rotatable bonds is 8. The third-order valence-electron chi connectivity index (χ3n) is 5.87. The van der Waals surface area contributed by atoms with Crippen LogP contribution in [0, 0.1) is 5.41 Å². The Hall–Kier alpha value is -3.54. The maximum atomic E-state index is 6.60. The molecule has 4 aromatic rings. The second kappa shape index (κ2) is 9.94. The van der Waals surface area contributed by atoms with E-state index in [-0.39, 0.29) is 11.5 Å². The van der Waals surface area contributed by atoms with E-state index in [4.69, 9.17) is 26.2 Å². The van der Waals surface area contributed by atoms with Crippen molar-refractivity contribution in [3.63, 3.8) is 0 Å². The van der Waals surface area contributed by atoms with Gasteiger partial charge in [0.25, 0.3) is 0 Å². The second-order valence-electron chi connectivity index (χ2n) is 8.83. The number of benzene rings is 3. The molecule has 1 heterocycles. The predicted octanol–water partition coefficient (Wildman–Crippen LogP) is 5.36. The SMILES string of the molecule is CC(C)(CN)C(N)c1nc(/C=C/c2ccc(OCc3ccccc3)cc2)nc2ccccc12. The van der Waals surface area contributed by atoms with E-state index in [0.717, 1.165) is 33.5 Å². The highest BCUT2D eigenvalue weighted by atomic mass is 16.5. The molecule has 1 aromatic heterocycles. The van der Waals surface area contributed by atoms with Crippen LogP contribution in [0.1, 0.15) is 42.5 Å². The Balaban J connectivity index is 1.54. The van der Waals surface area contributed by atoms with Gasteiger partial charge in [0.05, 0.1) is 17.3 Å². The number of ether oxygens (including phenoxy) is 1. The van der Waals surface area contributed by atoms with Gasteiger partial charge in [0.15, 0.2) is 5.82 Å². The van der Waals surface area contributed by atoms with E-state index in [1.54, 1.807) is 0 Å². The topological polar surface area (TPSA) is 87.1 Å². The van der Waals surface area contributed by atoms with Gasteiger partial charge in [0, 0.05) is 5.39 Å². The number of hydrogen-bond donors (Lipinski definition) is 2. The Labute approximate surface area is 195 Å². The Morgan fingerprint density at radius 1 is 0.879 bits per heavy atom. The number of nitrogens with zero attached hydrogens (tertiary/aromatic N) is 2. The highest BCUT2D eigenvalue weighted by Crippen LogP contribution is 2.33. The average molecular weight is 439 g/mol. The summed E-state index contributed by atoms with van der Waals surface area (Å²) in [7, 11) is 0. The Bertz CT molecular complexity index is 1230. The molecule has 0 bridgehead atoms. The highest BCUT2D eigenvalue weighted by Gasteiger charge is 2.29. The lowest BCUT2D eigenvalue weighted by molar-refractivity contribution is 0.298. The molecule has 0 aliphatic carbocycles. The third kappa shape index (κ3) is 5.45. The molecule has 5 heteroatoms. The van der Waals surface area contributed by atoms with E-state index in [9.17, 15) is 0 Å². The molecule has 1 unspecified atom stereocenters. The van der Waals surface area contributed by atoms with Gasteiger partial charge in [-0.1, -0.05) is 80.6 Å². The zero-order valence-corrected chi connectivity index (χ0v) is 19.1. The van der Waals surface area contributed by atoms with Gasteiger partial charge in [0.1, 0.15) is 12.4 Å². The van der Waals surface area contributed by atoms with E-state index in [2.05, 4.69) is 26.0 Å². The van der Waals surface area contributed by atoms with Gasteiger partial charge >= 0.3 is 0 Å². The molecule has 5 nitrogen and oxygen atoms in total. The quantitative estimate of drug-likeness (QED) is 0.386. The molecule has 0 amide bonds. The Kier molecular flexibility index (Phi) is 6.82. The van der Waals surface area contributed by atoms with Crippen molar-refractivity contribution in [3.8, 4) is 5.75 Å². The van der Waals surface area contributed by atoms with Gasteiger partial charge in [-0.2, -0.15) is 0 Å². The van der Waals surface area contributed by atoms with E-state index in [0.29, 0.717) is 19.0 Å². The molecule has 4 N–H and O–H groups in total. The van der Waals surface area contributed by atoms with E-state index < -0.39 is 0 Å². The van der Waals surface area contributed by atoms with E-state index in [1.807, 2.05) is 78.9 Å². The lowest BCUT2D eigenvalue weighted by atomic mass is 9.82. The summed E-state index contributed by atoms with van der Waals surface area (Å²) < 4.78 is 5.87. The van der Waals surface area contributed by atoms with Crippen LogP contribution in [0.25, 0.3) is 23.1 Å². The van der Waals surface area contributed by atoms with Gasteiger partial charge < -0.3 is 16.2 Å². The molecule has 0 saturated heterocycles. The molecule has 0 aliphatic heterocycles. The molecule has 0 saturated carbocycles. The van der Waals surface area contributed by atoms with Crippen molar-refractivity contribution >= 4 is 23.1 Å². The first-order chi connectivity index (χ1) is 16.0. The summed E-state index contributed by atoms with van der Waals surface area (Å²) in [6, 6.07) is 25.7. The smallest absolute Gasteiger partial charge is 0.152 e. The Morgan fingerprint density at radius 2 is 1.58 bits per heavy atom. The number of hydrogen-bond acceptors (Lipinski definition) is 5. The first-order valence-corrected chi connectivity index (χ1v) is 11.1. The minimum absolute atomic E-state index is 0.284. The summed E-state index contributed by atoms with van der Waals surface area (Å²) in [6.45, 7) is 5.14. The number of fused-ring (bicyclic) bond motifs is 1. The van der Waals surface area contributed by atoms with Crippen LogP contribution in [0.2, 0.25) is 0 Å². The van der Waals surface area contributed by atoms with Crippen LogP contribution < -0.4 is 16.2 Å². The average Bonchev–Trinajstić information content (AvgIpc) is 2.86. The monoisotopic (exact) mass is 438 g/mol. The zero-order chi connectivity index (χ0) is 23.3. The van der Waals surface area contributed by atoms with Crippen LogP contribution in [0.4, 0.5) is 0 Å². The Morgan fingerprint density at radius 3 is 2.30 bits per heavy atom. The summed E-state index contributed by atoms with van der Waals surface area (Å²) in [6.07, 6.45) is 3.91. The van der Waals surface area contributed by atoms with Gasteiger partial charge in [0.2, 0.25) is 0 Å². The summed E-state index contributed by atoms with van der Waals surface area (Å²) in [4.78, 5) is 9.52. The number of para-hydroxylation sites is 1. The van der Waals surface area contributed by atoms with Crippen LogP contribution in [-0.4, -0.2) is 16.5 Å². The highest BCUT2D eigenvalue weighted by molar-refractivity contribution is 5.82. The normalized spacial score (nSPS) is 12.8. The van der Waals surface area contributed by atoms with Crippen LogP contribution in [-0.2, 0) is 6.61 Å². The van der Waals surface area contributed by atoms with Crippen molar-refractivity contribution in [2.75, 3.05) is 6.54 Å². The fourth-order valence-electron chi connectivity index (χ4n) is 3.52. The fraction of sp³-hybridized carbons (Fsp3) is 0.214. The van der Waals surface area contributed by atoms with E-state index >= 15 is 0 Å². The molecule has 4 rings (SSSR count).